The Morgan fingerprint density at radius 2 is 1.50 bits per heavy atom. The van der Waals surface area contributed by atoms with Crippen molar-refractivity contribution in [2.75, 3.05) is 44.1 Å². The van der Waals surface area contributed by atoms with Gasteiger partial charge in [0.2, 0.25) is 20.0 Å². The molecule has 0 N–H and O–H groups in total. The topological polar surface area (TPSA) is 74.8 Å². The van der Waals surface area contributed by atoms with Crippen LogP contribution in [0.5, 0.6) is 0 Å². The van der Waals surface area contributed by atoms with E-state index >= 15 is 0 Å². The molecule has 1 aliphatic heterocycles. The number of alkyl halides is 1. The molecule has 18 heavy (non-hydrogen) atoms. The summed E-state index contributed by atoms with van der Waals surface area (Å²) in [5, 5.41) is 0. The molecule has 9 heteroatoms. The van der Waals surface area contributed by atoms with Crippen molar-refractivity contribution in [3.8, 4) is 0 Å². The largest absolute Gasteiger partial charge is 0.214 e. The highest BCUT2D eigenvalue weighted by molar-refractivity contribution is 7.89. The lowest BCUT2D eigenvalue weighted by Gasteiger charge is -2.32. The van der Waals surface area contributed by atoms with Crippen LogP contribution < -0.4 is 0 Å². The standard InChI is InChI=1S/C9H19ClN2O4S2/c1-9(7-10)8-18(15,16)12-5-3-11(4-6-12)17(2,13)14/h9H,3-8H2,1-2H3. The van der Waals surface area contributed by atoms with E-state index in [1.807, 2.05) is 0 Å². The summed E-state index contributed by atoms with van der Waals surface area (Å²) in [5.41, 5.74) is 0. The molecule has 1 aliphatic rings. The van der Waals surface area contributed by atoms with Gasteiger partial charge in [-0.05, 0) is 5.92 Å². The smallest absolute Gasteiger partial charge is 0.213 e. The summed E-state index contributed by atoms with van der Waals surface area (Å²) in [6.45, 7) is 2.63. The van der Waals surface area contributed by atoms with Crippen LogP contribution in [0.3, 0.4) is 0 Å². The van der Waals surface area contributed by atoms with Crippen LogP contribution in [0.1, 0.15) is 6.92 Å². The summed E-state index contributed by atoms with van der Waals surface area (Å²) in [6, 6.07) is 0. The molecule has 1 unspecified atom stereocenters. The van der Waals surface area contributed by atoms with Crippen molar-refractivity contribution < 1.29 is 16.8 Å². The highest BCUT2D eigenvalue weighted by atomic mass is 35.5. The lowest BCUT2D eigenvalue weighted by Crippen LogP contribution is -2.51. The Morgan fingerprint density at radius 3 is 1.89 bits per heavy atom. The Morgan fingerprint density at radius 1 is 1.06 bits per heavy atom. The molecular formula is C9H19ClN2O4S2. The Balaban J connectivity index is 2.63. The van der Waals surface area contributed by atoms with Gasteiger partial charge in [-0.25, -0.2) is 16.8 Å². The van der Waals surface area contributed by atoms with Crippen LogP contribution >= 0.6 is 11.6 Å². The number of piperazine rings is 1. The third-order valence-corrected chi connectivity index (χ3v) is 6.79. The van der Waals surface area contributed by atoms with E-state index in [1.54, 1.807) is 6.92 Å². The van der Waals surface area contributed by atoms with Crippen LogP contribution in [0.2, 0.25) is 0 Å². The van der Waals surface area contributed by atoms with E-state index in [9.17, 15) is 16.8 Å². The molecule has 0 spiro atoms. The second kappa shape index (κ2) is 6.04. The van der Waals surface area contributed by atoms with Gasteiger partial charge in [0.1, 0.15) is 0 Å². The van der Waals surface area contributed by atoms with E-state index in [0.717, 1.165) is 6.26 Å². The zero-order valence-electron chi connectivity index (χ0n) is 10.5. The zero-order chi connectivity index (χ0) is 14.0. The van der Waals surface area contributed by atoms with Gasteiger partial charge < -0.3 is 0 Å². The maximum atomic E-state index is 12.0. The van der Waals surface area contributed by atoms with Crippen LogP contribution in [-0.2, 0) is 20.0 Å². The molecule has 0 aliphatic carbocycles. The lowest BCUT2D eigenvalue weighted by molar-refractivity contribution is 0.273. The summed E-state index contributed by atoms with van der Waals surface area (Å²) in [6.07, 6.45) is 1.13. The van der Waals surface area contributed by atoms with E-state index in [0.29, 0.717) is 5.88 Å². The van der Waals surface area contributed by atoms with Gasteiger partial charge >= 0.3 is 0 Å². The van der Waals surface area contributed by atoms with Gasteiger partial charge in [0, 0.05) is 32.1 Å². The monoisotopic (exact) mass is 318 g/mol. The molecule has 6 nitrogen and oxygen atoms in total. The van der Waals surface area contributed by atoms with Gasteiger partial charge in [-0.3, -0.25) is 0 Å². The predicted octanol–water partition coefficient (Wildman–Crippen LogP) is -0.232. The maximum absolute atomic E-state index is 12.0. The third-order valence-electron chi connectivity index (χ3n) is 2.82. The maximum Gasteiger partial charge on any atom is 0.214 e. The number of hydrogen-bond acceptors (Lipinski definition) is 4. The molecule has 1 fully saturated rings. The van der Waals surface area contributed by atoms with Gasteiger partial charge in [-0.2, -0.15) is 8.61 Å². The molecule has 1 saturated heterocycles. The van der Waals surface area contributed by atoms with Crippen molar-refractivity contribution in [1.82, 2.24) is 8.61 Å². The zero-order valence-corrected chi connectivity index (χ0v) is 12.9. The van der Waals surface area contributed by atoms with Crippen molar-refractivity contribution in [2.45, 2.75) is 6.92 Å². The van der Waals surface area contributed by atoms with Crippen molar-refractivity contribution in [3.63, 3.8) is 0 Å². The second-order valence-electron chi connectivity index (χ2n) is 4.60. The first-order chi connectivity index (χ1) is 8.16. The molecule has 0 aromatic carbocycles. The first-order valence-corrected chi connectivity index (χ1v) is 9.65. The number of rotatable bonds is 5. The van der Waals surface area contributed by atoms with Crippen LogP contribution in [0.15, 0.2) is 0 Å². The first-order valence-electron chi connectivity index (χ1n) is 5.65. The molecule has 0 radical (unpaired) electrons. The minimum Gasteiger partial charge on any atom is -0.213 e. The van der Waals surface area contributed by atoms with Gasteiger partial charge in [-0.15, -0.1) is 11.6 Å². The number of halogens is 1. The van der Waals surface area contributed by atoms with Crippen LogP contribution in [-0.4, -0.2) is 69.5 Å². The molecule has 1 atom stereocenters. The lowest BCUT2D eigenvalue weighted by atomic mass is 10.3. The summed E-state index contributed by atoms with van der Waals surface area (Å²) >= 11 is 5.61. The number of nitrogens with zero attached hydrogens (tertiary/aromatic N) is 2. The highest BCUT2D eigenvalue weighted by Gasteiger charge is 2.30. The minimum absolute atomic E-state index is 0.00930. The minimum atomic E-state index is -3.34. The Kier molecular flexibility index (Phi) is 5.43. The van der Waals surface area contributed by atoms with E-state index in [1.165, 1.54) is 8.61 Å². The van der Waals surface area contributed by atoms with Crippen LogP contribution in [0, 0.1) is 5.92 Å². The fourth-order valence-electron chi connectivity index (χ4n) is 1.79. The van der Waals surface area contributed by atoms with Gasteiger partial charge in [0.25, 0.3) is 0 Å². The summed E-state index contributed by atoms with van der Waals surface area (Å²) < 4.78 is 49.3. The van der Waals surface area contributed by atoms with Crippen molar-refractivity contribution in [1.29, 1.82) is 0 Å². The first kappa shape index (κ1) is 16.2. The SMILES string of the molecule is CC(CCl)CS(=O)(=O)N1CCN(S(C)(=O)=O)CC1. The van der Waals surface area contributed by atoms with E-state index in [4.69, 9.17) is 11.6 Å². The quantitative estimate of drug-likeness (QED) is 0.656. The van der Waals surface area contributed by atoms with Crippen molar-refractivity contribution >= 4 is 31.6 Å². The molecule has 0 bridgehead atoms. The fourth-order valence-corrected chi connectivity index (χ4v) is 4.62. The van der Waals surface area contributed by atoms with Gasteiger partial charge in [0.15, 0.2) is 0 Å². The average molecular weight is 319 g/mol. The van der Waals surface area contributed by atoms with Crippen molar-refractivity contribution in [2.24, 2.45) is 5.92 Å². The third kappa shape index (κ3) is 4.34. The van der Waals surface area contributed by atoms with Crippen LogP contribution in [0.25, 0.3) is 0 Å². The highest BCUT2D eigenvalue weighted by Crippen LogP contribution is 2.13. The van der Waals surface area contributed by atoms with Gasteiger partial charge in [0.05, 0.1) is 12.0 Å². The number of hydrogen-bond donors (Lipinski definition) is 0. The normalized spacial score (nSPS) is 21.9. The van der Waals surface area contributed by atoms with Crippen molar-refractivity contribution in [3.05, 3.63) is 0 Å². The molecule has 0 aromatic rings. The Hall–Kier alpha value is 0.110. The molecule has 1 rings (SSSR count). The van der Waals surface area contributed by atoms with E-state index in [2.05, 4.69) is 0 Å². The second-order valence-corrected chi connectivity index (χ2v) is 8.90. The fraction of sp³-hybridized carbons (Fsp3) is 1.00. The van der Waals surface area contributed by atoms with E-state index in [-0.39, 0.29) is 37.8 Å². The summed E-state index contributed by atoms with van der Waals surface area (Å²) in [7, 11) is -6.57. The molecule has 0 saturated carbocycles. The molecule has 1 heterocycles. The summed E-state index contributed by atoms with van der Waals surface area (Å²) in [4.78, 5) is 0. The number of sulfonamides is 2. The van der Waals surface area contributed by atoms with Gasteiger partial charge in [-0.1, -0.05) is 6.92 Å². The Labute approximate surface area is 114 Å². The molecule has 108 valence electrons. The van der Waals surface area contributed by atoms with E-state index < -0.39 is 20.0 Å². The predicted molar refractivity (Wildman–Crippen MR) is 71.7 cm³/mol. The molecule has 0 aromatic heterocycles. The molecular weight excluding hydrogens is 300 g/mol. The van der Waals surface area contributed by atoms with Crippen LogP contribution in [0.4, 0.5) is 0 Å². The Bertz CT molecular complexity index is 469. The average Bonchev–Trinajstić information content (AvgIpc) is 2.27. The molecule has 0 amide bonds. The summed E-state index contributed by atoms with van der Waals surface area (Å²) in [5.74, 6) is 0.197.